The van der Waals surface area contributed by atoms with Gasteiger partial charge in [-0.2, -0.15) is 0 Å². The first-order valence-corrected chi connectivity index (χ1v) is 16.8. The average molecular weight is 639 g/mol. The number of amidine groups is 1. The summed E-state index contributed by atoms with van der Waals surface area (Å²) in [5.41, 5.74) is 2.55. The number of likely N-dealkylation sites (tertiary alicyclic amines) is 1. The Labute approximate surface area is 267 Å². The van der Waals surface area contributed by atoms with Crippen molar-refractivity contribution in [1.82, 2.24) is 20.0 Å². The number of halogens is 2. The molecule has 10 heteroatoms. The Morgan fingerprint density at radius 3 is 2.35 bits per heavy atom. The molecule has 5 aliphatic rings. The quantitative estimate of drug-likeness (QED) is 0.423. The highest BCUT2D eigenvalue weighted by atomic mass is 35.5. The lowest BCUT2D eigenvalue weighted by molar-refractivity contribution is -0.142. The zero-order valence-corrected chi connectivity index (χ0v) is 27.1. The van der Waals surface area contributed by atoms with E-state index < -0.39 is 11.6 Å². The van der Waals surface area contributed by atoms with Gasteiger partial charge in [-0.15, -0.1) is 0 Å². The minimum atomic E-state index is -0.622. The number of benzene rings is 2. The second kappa shape index (κ2) is 10.8. The number of piperazine rings is 1. The van der Waals surface area contributed by atoms with Gasteiger partial charge in [0.2, 0.25) is 5.91 Å². The molecule has 43 heavy (non-hydrogen) atoms. The summed E-state index contributed by atoms with van der Waals surface area (Å²) in [6.45, 7) is 9.27. The average Bonchev–Trinajstić information content (AvgIpc) is 3.31. The maximum Gasteiger partial charge on any atom is 0.263 e. The van der Waals surface area contributed by atoms with E-state index in [0.29, 0.717) is 34.5 Å². The predicted molar refractivity (Wildman–Crippen MR) is 173 cm³/mol. The molecule has 3 fully saturated rings. The summed E-state index contributed by atoms with van der Waals surface area (Å²) in [7, 11) is 0. The van der Waals surface area contributed by atoms with Crippen molar-refractivity contribution in [2.75, 3.05) is 26.2 Å². The number of carbonyl (C=O) groups excluding carboxylic acids is 2. The van der Waals surface area contributed by atoms with Gasteiger partial charge < -0.3 is 20.0 Å². The van der Waals surface area contributed by atoms with Gasteiger partial charge in [-0.05, 0) is 85.7 Å². The molecule has 1 spiro atoms. The molecule has 3 atom stereocenters. The first-order chi connectivity index (χ1) is 20.6. The first-order valence-electron chi connectivity index (χ1n) is 15.3. The minimum absolute atomic E-state index is 0.0547. The highest BCUT2D eigenvalue weighted by Gasteiger charge is 2.54. The molecule has 2 aromatic rings. The smallest absolute Gasteiger partial charge is 0.263 e. The van der Waals surface area contributed by atoms with E-state index in [-0.39, 0.29) is 29.3 Å². The summed E-state index contributed by atoms with van der Waals surface area (Å²) in [5.74, 6) is 0.0997. The van der Waals surface area contributed by atoms with Crippen molar-refractivity contribution in [2.24, 2.45) is 10.9 Å². The van der Waals surface area contributed by atoms with Gasteiger partial charge in [0.05, 0.1) is 6.04 Å². The van der Waals surface area contributed by atoms with Crippen LogP contribution < -0.4 is 5.32 Å². The number of carbonyl (C=O) groups is 2. The number of hydrogen-bond donors (Lipinski definition) is 1. The lowest BCUT2D eigenvalue weighted by Gasteiger charge is -2.38. The molecule has 1 aliphatic carbocycles. The third-order valence-electron chi connectivity index (χ3n) is 9.70. The van der Waals surface area contributed by atoms with Crippen molar-refractivity contribution in [1.29, 1.82) is 0 Å². The van der Waals surface area contributed by atoms with Crippen LogP contribution in [0.1, 0.15) is 63.6 Å². The van der Waals surface area contributed by atoms with E-state index in [1.54, 1.807) is 0 Å². The van der Waals surface area contributed by atoms with Crippen LogP contribution in [0.25, 0.3) is 0 Å². The van der Waals surface area contributed by atoms with E-state index >= 15 is 0 Å². The van der Waals surface area contributed by atoms with Crippen molar-refractivity contribution in [3.05, 3.63) is 80.3 Å². The van der Waals surface area contributed by atoms with Crippen LogP contribution in [0, 0.1) is 5.92 Å². The van der Waals surface area contributed by atoms with Gasteiger partial charge in [0.1, 0.15) is 16.5 Å². The van der Waals surface area contributed by atoms with E-state index in [0.717, 1.165) is 54.3 Å². The van der Waals surface area contributed by atoms with E-state index in [2.05, 4.69) is 43.1 Å². The monoisotopic (exact) mass is 637 g/mol. The minimum Gasteiger partial charge on any atom is -0.338 e. The molecule has 7 rings (SSSR count). The molecule has 7 nitrogen and oxygen atoms in total. The number of thioether (sulfide) groups is 1. The summed E-state index contributed by atoms with van der Waals surface area (Å²) >= 11 is 14.0. The predicted octanol–water partition coefficient (Wildman–Crippen LogP) is 6.19. The van der Waals surface area contributed by atoms with Gasteiger partial charge in [0.15, 0.2) is 5.17 Å². The number of nitrogens with one attached hydrogen (secondary N) is 1. The first kappa shape index (κ1) is 29.2. The molecule has 2 aromatic carbocycles. The Morgan fingerprint density at radius 2 is 1.70 bits per heavy atom. The molecule has 1 saturated carbocycles. The summed E-state index contributed by atoms with van der Waals surface area (Å²) in [6.07, 6.45) is 3.78. The van der Waals surface area contributed by atoms with Crippen molar-refractivity contribution in [3.8, 4) is 0 Å². The number of amides is 2. The lowest BCUT2D eigenvalue weighted by atomic mass is 9.81. The molecule has 0 unspecified atom stereocenters. The van der Waals surface area contributed by atoms with Gasteiger partial charge in [-0.3, -0.25) is 9.59 Å². The zero-order chi connectivity index (χ0) is 30.1. The second-order valence-electron chi connectivity index (χ2n) is 13.0. The van der Waals surface area contributed by atoms with Crippen LogP contribution >= 0.6 is 35.0 Å². The normalized spacial score (nSPS) is 27.8. The SMILES string of the molecule is CC(C)C1=C(C(=O)N2CCC[C@H]2C(=O)N2CCNC3(CC3)C2)SC2=N[C@@](C)(c3ccc(Cl)cc3)[C@@H](c3ccc(Cl)cc3)N21. The standard InChI is InChI=1S/C33H37Cl2N5O2S/c1-20(2)26-27(30(42)39-17-4-5-25(39)29(41)38-18-16-36-33(19-38)14-15-33)43-31-37-32(3,22-8-12-24(35)13-9-22)28(40(26)31)21-6-10-23(34)11-7-21/h6-13,20,25,28,36H,4-5,14-19H2,1-3H3/t25-,28+,32-/m0/s1. The van der Waals surface area contributed by atoms with Crippen LogP contribution in [-0.4, -0.2) is 69.4 Å². The Balaban J connectivity index is 1.24. The fourth-order valence-electron chi connectivity index (χ4n) is 7.30. The lowest BCUT2D eigenvalue weighted by Crippen LogP contribution is -2.58. The van der Waals surface area contributed by atoms with Gasteiger partial charge in [0, 0.05) is 47.5 Å². The molecule has 4 heterocycles. The van der Waals surface area contributed by atoms with Crippen LogP contribution in [0.4, 0.5) is 0 Å². The number of fused-ring (bicyclic) bond motifs is 1. The third-order valence-corrected chi connectivity index (χ3v) is 11.3. The van der Waals surface area contributed by atoms with Crippen molar-refractivity contribution >= 4 is 51.9 Å². The molecular formula is C33H37Cl2N5O2S. The van der Waals surface area contributed by atoms with Crippen molar-refractivity contribution < 1.29 is 9.59 Å². The van der Waals surface area contributed by atoms with Gasteiger partial charge in [-0.25, -0.2) is 4.99 Å². The van der Waals surface area contributed by atoms with Crippen molar-refractivity contribution in [3.63, 3.8) is 0 Å². The molecule has 226 valence electrons. The fourth-order valence-corrected chi connectivity index (χ4v) is 8.92. The van der Waals surface area contributed by atoms with Crippen LogP contribution in [0.2, 0.25) is 10.0 Å². The van der Waals surface area contributed by atoms with Gasteiger partial charge in [-0.1, -0.05) is 61.3 Å². The summed E-state index contributed by atoms with van der Waals surface area (Å²) in [6, 6.07) is 15.2. The van der Waals surface area contributed by atoms with E-state index in [1.807, 2.05) is 46.2 Å². The fraction of sp³-hybridized carbons (Fsp3) is 0.485. The molecule has 0 radical (unpaired) electrons. The van der Waals surface area contributed by atoms with E-state index in [1.165, 1.54) is 11.8 Å². The highest BCUT2D eigenvalue weighted by molar-refractivity contribution is 8.18. The third kappa shape index (κ3) is 4.98. The number of allylic oxidation sites excluding steroid dienone is 1. The number of rotatable bonds is 5. The van der Waals surface area contributed by atoms with Crippen LogP contribution in [0.3, 0.4) is 0 Å². The summed E-state index contributed by atoms with van der Waals surface area (Å²) in [5, 5.41) is 5.74. The molecule has 0 bridgehead atoms. The van der Waals surface area contributed by atoms with Crippen molar-refractivity contribution in [2.45, 2.75) is 69.6 Å². The number of hydrogen-bond acceptors (Lipinski definition) is 6. The Hall–Kier alpha value is -2.52. The van der Waals surface area contributed by atoms with Crippen LogP contribution in [0.15, 0.2) is 64.1 Å². The maximum atomic E-state index is 14.4. The molecule has 4 aliphatic heterocycles. The largest absolute Gasteiger partial charge is 0.338 e. The van der Waals surface area contributed by atoms with Crippen LogP contribution in [0.5, 0.6) is 0 Å². The van der Waals surface area contributed by atoms with E-state index in [4.69, 9.17) is 28.2 Å². The van der Waals surface area contributed by atoms with Gasteiger partial charge in [0.25, 0.3) is 5.91 Å². The number of nitrogens with zero attached hydrogens (tertiary/aromatic N) is 4. The molecule has 2 saturated heterocycles. The maximum absolute atomic E-state index is 14.4. The molecule has 2 amide bonds. The van der Waals surface area contributed by atoms with Gasteiger partial charge >= 0.3 is 0 Å². The zero-order valence-electron chi connectivity index (χ0n) is 24.8. The Kier molecular flexibility index (Phi) is 7.35. The summed E-state index contributed by atoms with van der Waals surface area (Å²) in [4.78, 5) is 40.4. The Bertz CT molecular complexity index is 1520. The molecular weight excluding hydrogens is 601 g/mol. The topological polar surface area (TPSA) is 68.2 Å². The second-order valence-corrected chi connectivity index (χ2v) is 14.8. The molecule has 0 aromatic heterocycles. The summed E-state index contributed by atoms with van der Waals surface area (Å²) < 4.78 is 0. The molecule has 1 N–H and O–H groups in total. The number of aliphatic imine (C=N–C) groups is 1. The van der Waals surface area contributed by atoms with Crippen LogP contribution in [-0.2, 0) is 15.1 Å². The highest BCUT2D eigenvalue weighted by Crippen LogP contribution is 2.56. The Morgan fingerprint density at radius 1 is 1.02 bits per heavy atom. The van der Waals surface area contributed by atoms with E-state index in [9.17, 15) is 9.59 Å².